The number of carbonyl (C=O) groups excluding carboxylic acids is 1. The largest absolute Gasteiger partial charge is 0.492 e. The molecule has 1 aliphatic rings. The van der Waals surface area contributed by atoms with Crippen LogP contribution in [0.3, 0.4) is 0 Å². The van der Waals surface area contributed by atoms with Crippen LogP contribution in [0, 0.1) is 12.8 Å². The van der Waals surface area contributed by atoms with Crippen LogP contribution >= 0.6 is 15.9 Å². The van der Waals surface area contributed by atoms with E-state index in [4.69, 9.17) is 10.5 Å². The first-order valence-corrected chi connectivity index (χ1v) is 8.28. The van der Waals surface area contributed by atoms with E-state index in [0.717, 1.165) is 29.5 Å². The zero-order chi connectivity index (χ0) is 15.2. The Morgan fingerprint density at radius 3 is 3.00 bits per heavy atom. The summed E-state index contributed by atoms with van der Waals surface area (Å²) in [7, 11) is 0. The Hall–Kier alpha value is -1.07. The fraction of sp³-hybridized carbons (Fsp3) is 0.562. The third kappa shape index (κ3) is 4.71. The molecule has 21 heavy (non-hydrogen) atoms. The summed E-state index contributed by atoms with van der Waals surface area (Å²) in [5.41, 5.74) is 6.89. The van der Waals surface area contributed by atoms with Crippen molar-refractivity contribution in [1.29, 1.82) is 0 Å². The van der Waals surface area contributed by atoms with E-state index in [0.29, 0.717) is 25.5 Å². The number of hydrogen-bond acceptors (Lipinski definition) is 3. The van der Waals surface area contributed by atoms with Crippen LogP contribution in [0.5, 0.6) is 5.75 Å². The monoisotopic (exact) mass is 354 g/mol. The van der Waals surface area contributed by atoms with Gasteiger partial charge in [-0.2, -0.15) is 0 Å². The van der Waals surface area contributed by atoms with Gasteiger partial charge in [-0.15, -0.1) is 0 Å². The predicted molar refractivity (Wildman–Crippen MR) is 87.3 cm³/mol. The lowest BCUT2D eigenvalue weighted by molar-refractivity contribution is -0.122. The van der Waals surface area contributed by atoms with Gasteiger partial charge in [0.25, 0.3) is 0 Å². The van der Waals surface area contributed by atoms with Crippen LogP contribution in [0.2, 0.25) is 0 Å². The normalized spacial score (nSPS) is 21.3. The molecule has 5 heteroatoms. The number of halogens is 1. The summed E-state index contributed by atoms with van der Waals surface area (Å²) in [6, 6.07) is 6.15. The van der Waals surface area contributed by atoms with Crippen LogP contribution < -0.4 is 15.8 Å². The molecule has 1 fully saturated rings. The Labute approximate surface area is 134 Å². The Balaban J connectivity index is 1.74. The lowest BCUT2D eigenvalue weighted by Crippen LogP contribution is -2.40. The van der Waals surface area contributed by atoms with Crippen molar-refractivity contribution < 1.29 is 9.53 Å². The molecule has 4 nitrogen and oxygen atoms in total. The molecule has 0 saturated heterocycles. The van der Waals surface area contributed by atoms with E-state index in [1.165, 1.54) is 5.56 Å². The van der Waals surface area contributed by atoms with Crippen molar-refractivity contribution in [3.05, 3.63) is 28.2 Å². The van der Waals surface area contributed by atoms with Gasteiger partial charge >= 0.3 is 0 Å². The second kappa shape index (κ2) is 7.80. The number of ether oxygens (including phenoxy) is 1. The molecule has 2 rings (SSSR count). The van der Waals surface area contributed by atoms with Crippen molar-refractivity contribution >= 4 is 21.8 Å². The van der Waals surface area contributed by atoms with Crippen LogP contribution in [0.15, 0.2) is 22.7 Å². The maximum absolute atomic E-state index is 11.9. The van der Waals surface area contributed by atoms with Crippen molar-refractivity contribution in [3.63, 3.8) is 0 Å². The lowest BCUT2D eigenvalue weighted by Gasteiger charge is -2.19. The molecule has 1 saturated carbocycles. The van der Waals surface area contributed by atoms with Gasteiger partial charge in [0, 0.05) is 6.04 Å². The first-order valence-electron chi connectivity index (χ1n) is 7.48. The minimum atomic E-state index is 0.0450. The summed E-state index contributed by atoms with van der Waals surface area (Å²) in [5.74, 6) is 1.25. The van der Waals surface area contributed by atoms with E-state index in [2.05, 4.69) is 21.2 Å². The van der Waals surface area contributed by atoms with E-state index in [9.17, 15) is 4.79 Å². The fourth-order valence-electron chi connectivity index (χ4n) is 2.76. The number of benzene rings is 1. The van der Waals surface area contributed by atoms with Crippen molar-refractivity contribution in [2.75, 3.05) is 13.2 Å². The highest BCUT2D eigenvalue weighted by Crippen LogP contribution is 2.26. The molecule has 0 aliphatic heterocycles. The molecule has 1 aromatic carbocycles. The van der Waals surface area contributed by atoms with Crippen molar-refractivity contribution in [2.45, 2.75) is 38.6 Å². The smallest absolute Gasteiger partial charge is 0.223 e. The second-order valence-corrected chi connectivity index (χ2v) is 6.49. The number of amides is 1. The molecule has 1 aliphatic carbocycles. The Morgan fingerprint density at radius 2 is 2.29 bits per heavy atom. The highest BCUT2D eigenvalue weighted by atomic mass is 79.9. The van der Waals surface area contributed by atoms with Gasteiger partial charge in [-0.3, -0.25) is 4.79 Å². The van der Waals surface area contributed by atoms with Crippen LogP contribution in [0.1, 0.15) is 31.2 Å². The van der Waals surface area contributed by atoms with Crippen LogP contribution in [0.25, 0.3) is 0 Å². The average molecular weight is 355 g/mol. The first kappa shape index (κ1) is 16.3. The zero-order valence-electron chi connectivity index (χ0n) is 12.4. The average Bonchev–Trinajstić information content (AvgIpc) is 2.88. The van der Waals surface area contributed by atoms with Gasteiger partial charge in [0.1, 0.15) is 5.75 Å². The van der Waals surface area contributed by atoms with E-state index in [-0.39, 0.29) is 11.9 Å². The predicted octanol–water partition coefficient (Wildman–Crippen LogP) is 2.77. The lowest BCUT2D eigenvalue weighted by atomic mass is 10.0. The second-order valence-electron chi connectivity index (χ2n) is 5.63. The molecule has 0 heterocycles. The van der Waals surface area contributed by atoms with Gasteiger partial charge in [-0.25, -0.2) is 0 Å². The number of carbonyl (C=O) groups is 1. The van der Waals surface area contributed by atoms with Crippen molar-refractivity contribution in [2.24, 2.45) is 11.7 Å². The van der Waals surface area contributed by atoms with Gasteiger partial charge in [0.15, 0.2) is 0 Å². The maximum Gasteiger partial charge on any atom is 0.223 e. The zero-order valence-corrected chi connectivity index (χ0v) is 14.0. The third-order valence-corrected chi connectivity index (χ3v) is 4.60. The van der Waals surface area contributed by atoms with Gasteiger partial charge in [-0.1, -0.05) is 12.5 Å². The van der Waals surface area contributed by atoms with Gasteiger partial charge in [-0.05, 0) is 65.9 Å². The third-order valence-electron chi connectivity index (χ3n) is 3.98. The molecule has 1 aromatic rings. The summed E-state index contributed by atoms with van der Waals surface area (Å²) in [5, 5.41) is 3.08. The molecule has 0 aromatic heterocycles. The number of hydrogen-bond donors (Lipinski definition) is 2. The quantitative estimate of drug-likeness (QED) is 0.825. The highest BCUT2D eigenvalue weighted by Gasteiger charge is 2.27. The molecular formula is C16H23BrN2O2. The summed E-state index contributed by atoms with van der Waals surface area (Å²) < 4.78 is 6.57. The van der Waals surface area contributed by atoms with E-state index >= 15 is 0 Å². The van der Waals surface area contributed by atoms with Crippen molar-refractivity contribution in [1.82, 2.24) is 5.32 Å². The molecule has 2 atom stereocenters. The van der Waals surface area contributed by atoms with Gasteiger partial charge < -0.3 is 15.8 Å². The van der Waals surface area contributed by atoms with Gasteiger partial charge in [0.05, 0.1) is 17.5 Å². The number of aryl methyl sites for hydroxylation is 1. The first-order chi connectivity index (χ1) is 10.1. The Morgan fingerprint density at radius 1 is 1.48 bits per heavy atom. The topological polar surface area (TPSA) is 64.3 Å². The number of nitrogens with one attached hydrogen (secondary N) is 1. The van der Waals surface area contributed by atoms with E-state index in [1.807, 2.05) is 25.1 Å². The summed E-state index contributed by atoms with van der Waals surface area (Å²) in [6.07, 6.45) is 3.68. The summed E-state index contributed by atoms with van der Waals surface area (Å²) in [4.78, 5) is 11.9. The minimum Gasteiger partial charge on any atom is -0.492 e. The minimum absolute atomic E-state index is 0.0450. The SMILES string of the molecule is Cc1ccc(OCCC(=O)NC2CCCC2CN)c(Br)c1. The Kier molecular flexibility index (Phi) is 6.06. The maximum atomic E-state index is 11.9. The molecule has 0 spiro atoms. The molecule has 0 radical (unpaired) electrons. The van der Waals surface area contributed by atoms with Crippen molar-refractivity contribution in [3.8, 4) is 5.75 Å². The number of rotatable bonds is 6. The van der Waals surface area contributed by atoms with Crippen LogP contribution in [-0.2, 0) is 4.79 Å². The Bertz CT molecular complexity index is 493. The number of nitrogens with two attached hydrogens (primary N) is 1. The molecular weight excluding hydrogens is 332 g/mol. The van der Waals surface area contributed by atoms with Crippen LogP contribution in [0.4, 0.5) is 0 Å². The fourth-order valence-corrected chi connectivity index (χ4v) is 3.37. The molecule has 0 bridgehead atoms. The van der Waals surface area contributed by atoms with E-state index < -0.39 is 0 Å². The molecule has 2 unspecified atom stereocenters. The molecule has 3 N–H and O–H groups in total. The highest BCUT2D eigenvalue weighted by molar-refractivity contribution is 9.10. The molecule has 1 amide bonds. The molecule has 116 valence electrons. The standard InChI is InChI=1S/C16H23BrN2O2/c1-11-5-6-15(13(17)9-11)21-8-7-16(20)19-14-4-2-3-12(14)10-18/h5-6,9,12,14H,2-4,7-8,10,18H2,1H3,(H,19,20). The summed E-state index contributed by atoms with van der Waals surface area (Å²) >= 11 is 3.46. The van der Waals surface area contributed by atoms with Gasteiger partial charge in [0.2, 0.25) is 5.91 Å². The van der Waals surface area contributed by atoms with E-state index in [1.54, 1.807) is 0 Å². The summed E-state index contributed by atoms with van der Waals surface area (Å²) in [6.45, 7) is 3.06. The van der Waals surface area contributed by atoms with Crippen LogP contribution in [-0.4, -0.2) is 25.1 Å².